The lowest BCUT2D eigenvalue weighted by molar-refractivity contribution is 0.376. The summed E-state index contributed by atoms with van der Waals surface area (Å²) in [5.41, 5.74) is 5.81. The molecule has 1 aromatic rings. The second kappa shape index (κ2) is 7.28. The Morgan fingerprint density at radius 2 is 2.00 bits per heavy atom. The molecule has 0 aliphatic carbocycles. The summed E-state index contributed by atoms with van der Waals surface area (Å²) >= 11 is 0. The fourth-order valence-electron chi connectivity index (χ4n) is 1.56. The lowest BCUT2D eigenvalue weighted by atomic mass is 9.90. The predicted octanol–water partition coefficient (Wildman–Crippen LogP) is 2.47. The van der Waals surface area contributed by atoms with E-state index < -0.39 is 0 Å². The van der Waals surface area contributed by atoms with Gasteiger partial charge in [0, 0.05) is 18.7 Å². The van der Waals surface area contributed by atoms with E-state index in [1.807, 2.05) is 6.07 Å². The van der Waals surface area contributed by atoms with Gasteiger partial charge in [0.25, 0.3) is 0 Å². The molecule has 1 atom stereocenters. The van der Waals surface area contributed by atoms with Crippen molar-refractivity contribution in [2.24, 2.45) is 11.1 Å². The summed E-state index contributed by atoms with van der Waals surface area (Å²) in [6.07, 6.45) is 3.64. The highest BCUT2D eigenvalue weighted by atomic mass is 15.1. The van der Waals surface area contributed by atoms with Crippen LogP contribution in [0, 0.1) is 5.41 Å². The number of nitrogens with two attached hydrogens (primary N) is 1. The first-order valence-electron chi connectivity index (χ1n) is 6.99. The van der Waals surface area contributed by atoms with Crippen molar-refractivity contribution in [3.05, 3.63) is 12.4 Å². The standard InChI is InChI=1S/C14H27N5/c1-5-14(3,4)9-16-12-8-13(18-10-17-12)19-11(2)6-7-15/h8,10-11H,5-7,9,15H2,1-4H3,(H2,16,17,18,19). The number of nitrogens with one attached hydrogen (secondary N) is 2. The summed E-state index contributed by atoms with van der Waals surface area (Å²) in [7, 11) is 0. The first kappa shape index (κ1) is 15.7. The van der Waals surface area contributed by atoms with E-state index in [1.165, 1.54) is 0 Å². The molecule has 1 unspecified atom stereocenters. The maximum atomic E-state index is 5.54. The molecule has 5 heteroatoms. The largest absolute Gasteiger partial charge is 0.369 e. The molecule has 0 spiro atoms. The van der Waals surface area contributed by atoms with Gasteiger partial charge in [0.15, 0.2) is 0 Å². The summed E-state index contributed by atoms with van der Waals surface area (Å²) in [4.78, 5) is 8.47. The molecule has 0 saturated carbocycles. The molecule has 0 amide bonds. The van der Waals surface area contributed by atoms with E-state index in [0.717, 1.165) is 31.0 Å². The quantitative estimate of drug-likeness (QED) is 0.673. The maximum Gasteiger partial charge on any atom is 0.131 e. The Morgan fingerprint density at radius 1 is 1.32 bits per heavy atom. The first-order chi connectivity index (χ1) is 8.96. The van der Waals surface area contributed by atoms with Gasteiger partial charge in [0.1, 0.15) is 18.0 Å². The molecule has 0 aliphatic heterocycles. The minimum absolute atomic E-state index is 0.269. The highest BCUT2D eigenvalue weighted by Gasteiger charge is 2.14. The summed E-state index contributed by atoms with van der Waals surface area (Å²) in [6.45, 7) is 10.4. The average molecular weight is 265 g/mol. The van der Waals surface area contributed by atoms with Crippen molar-refractivity contribution in [1.82, 2.24) is 9.97 Å². The SMILES string of the molecule is CCC(C)(C)CNc1cc(NC(C)CCN)ncn1. The van der Waals surface area contributed by atoms with E-state index in [9.17, 15) is 0 Å². The molecule has 1 rings (SSSR count). The van der Waals surface area contributed by atoms with Crippen LogP contribution < -0.4 is 16.4 Å². The van der Waals surface area contributed by atoms with Crippen molar-refractivity contribution in [1.29, 1.82) is 0 Å². The molecule has 0 saturated heterocycles. The van der Waals surface area contributed by atoms with Crippen molar-refractivity contribution in [2.45, 2.75) is 46.6 Å². The number of hydrogen-bond acceptors (Lipinski definition) is 5. The molecule has 0 aliphatic rings. The van der Waals surface area contributed by atoms with Gasteiger partial charge in [-0.1, -0.05) is 20.8 Å². The molecule has 0 aromatic carbocycles. The zero-order chi connectivity index (χ0) is 14.3. The third-order valence-electron chi connectivity index (χ3n) is 3.37. The van der Waals surface area contributed by atoms with Crippen molar-refractivity contribution in [2.75, 3.05) is 23.7 Å². The van der Waals surface area contributed by atoms with Crippen LogP contribution in [0.3, 0.4) is 0 Å². The molecule has 19 heavy (non-hydrogen) atoms. The van der Waals surface area contributed by atoms with Crippen LogP contribution in [0.2, 0.25) is 0 Å². The van der Waals surface area contributed by atoms with Crippen molar-refractivity contribution >= 4 is 11.6 Å². The van der Waals surface area contributed by atoms with Crippen LogP contribution in [-0.2, 0) is 0 Å². The topological polar surface area (TPSA) is 75.9 Å². The molecule has 1 aromatic heterocycles. The molecule has 5 nitrogen and oxygen atoms in total. The fraction of sp³-hybridized carbons (Fsp3) is 0.714. The van der Waals surface area contributed by atoms with Crippen molar-refractivity contribution in [3.63, 3.8) is 0 Å². The third kappa shape index (κ3) is 5.87. The van der Waals surface area contributed by atoms with Crippen molar-refractivity contribution in [3.8, 4) is 0 Å². The summed E-state index contributed by atoms with van der Waals surface area (Å²) < 4.78 is 0. The molecule has 0 bridgehead atoms. The predicted molar refractivity (Wildman–Crippen MR) is 81.3 cm³/mol. The van der Waals surface area contributed by atoms with Crippen LogP contribution in [0.25, 0.3) is 0 Å². The van der Waals surface area contributed by atoms with Crippen LogP contribution in [0.5, 0.6) is 0 Å². The zero-order valence-corrected chi connectivity index (χ0v) is 12.5. The summed E-state index contributed by atoms with van der Waals surface area (Å²) in [5, 5.41) is 6.69. The Labute approximate surface area is 116 Å². The van der Waals surface area contributed by atoms with Crippen LogP contribution in [0.1, 0.15) is 40.5 Å². The van der Waals surface area contributed by atoms with Crippen LogP contribution in [0.4, 0.5) is 11.6 Å². The van der Waals surface area contributed by atoms with Gasteiger partial charge in [-0.15, -0.1) is 0 Å². The number of nitrogens with zero attached hydrogens (tertiary/aromatic N) is 2. The van der Waals surface area contributed by atoms with Crippen LogP contribution in [0.15, 0.2) is 12.4 Å². The van der Waals surface area contributed by atoms with E-state index in [1.54, 1.807) is 6.33 Å². The summed E-state index contributed by atoms with van der Waals surface area (Å²) in [6, 6.07) is 2.26. The number of rotatable bonds is 8. The number of anilines is 2. The number of hydrogen-bond donors (Lipinski definition) is 3. The van der Waals surface area contributed by atoms with Gasteiger partial charge in [-0.05, 0) is 31.7 Å². The first-order valence-corrected chi connectivity index (χ1v) is 6.99. The molecule has 108 valence electrons. The fourth-order valence-corrected chi connectivity index (χ4v) is 1.56. The second-order valence-electron chi connectivity index (χ2n) is 5.78. The molecular formula is C14H27N5. The molecule has 0 fully saturated rings. The van der Waals surface area contributed by atoms with Gasteiger partial charge < -0.3 is 16.4 Å². The Morgan fingerprint density at radius 3 is 2.63 bits per heavy atom. The zero-order valence-electron chi connectivity index (χ0n) is 12.5. The normalized spacial score (nSPS) is 13.1. The highest BCUT2D eigenvalue weighted by molar-refractivity contribution is 5.46. The minimum atomic E-state index is 0.269. The van der Waals surface area contributed by atoms with Gasteiger partial charge in [-0.2, -0.15) is 0 Å². The van der Waals surface area contributed by atoms with Crippen LogP contribution >= 0.6 is 0 Å². The monoisotopic (exact) mass is 265 g/mol. The van der Waals surface area contributed by atoms with Gasteiger partial charge in [-0.3, -0.25) is 0 Å². The number of aromatic nitrogens is 2. The van der Waals surface area contributed by atoms with E-state index in [-0.39, 0.29) is 5.41 Å². The van der Waals surface area contributed by atoms with E-state index in [0.29, 0.717) is 12.6 Å². The lowest BCUT2D eigenvalue weighted by Gasteiger charge is -2.23. The van der Waals surface area contributed by atoms with Gasteiger partial charge in [-0.25, -0.2) is 9.97 Å². The van der Waals surface area contributed by atoms with Gasteiger partial charge >= 0.3 is 0 Å². The van der Waals surface area contributed by atoms with E-state index >= 15 is 0 Å². The van der Waals surface area contributed by atoms with Crippen molar-refractivity contribution < 1.29 is 0 Å². The average Bonchev–Trinajstić information content (AvgIpc) is 2.37. The highest BCUT2D eigenvalue weighted by Crippen LogP contribution is 2.20. The molecule has 1 heterocycles. The lowest BCUT2D eigenvalue weighted by Crippen LogP contribution is -2.23. The molecule has 0 radical (unpaired) electrons. The maximum absolute atomic E-state index is 5.54. The third-order valence-corrected chi connectivity index (χ3v) is 3.37. The summed E-state index contributed by atoms with van der Waals surface area (Å²) in [5.74, 6) is 1.70. The van der Waals surface area contributed by atoms with Gasteiger partial charge in [0.05, 0.1) is 0 Å². The van der Waals surface area contributed by atoms with Crippen LogP contribution in [-0.4, -0.2) is 29.1 Å². The van der Waals surface area contributed by atoms with E-state index in [2.05, 4.69) is 48.3 Å². The Kier molecular flexibility index (Phi) is 6.02. The Balaban J connectivity index is 2.57. The second-order valence-corrected chi connectivity index (χ2v) is 5.78. The Bertz CT molecular complexity index is 378. The van der Waals surface area contributed by atoms with Gasteiger partial charge in [0.2, 0.25) is 0 Å². The molecular weight excluding hydrogens is 238 g/mol. The Hall–Kier alpha value is -1.36. The minimum Gasteiger partial charge on any atom is -0.369 e. The smallest absolute Gasteiger partial charge is 0.131 e. The molecule has 4 N–H and O–H groups in total. The van der Waals surface area contributed by atoms with E-state index in [4.69, 9.17) is 5.73 Å².